The number of anilines is 1. The van der Waals surface area contributed by atoms with E-state index in [1.54, 1.807) is 45.6 Å². The minimum absolute atomic E-state index is 0.265. The molecule has 0 spiro atoms. The summed E-state index contributed by atoms with van der Waals surface area (Å²) in [7, 11) is 5.04. The van der Waals surface area contributed by atoms with Gasteiger partial charge in [-0.1, -0.05) is 175 Å². The van der Waals surface area contributed by atoms with Crippen LogP contribution in [-0.2, 0) is 15.9 Å². The van der Waals surface area contributed by atoms with Gasteiger partial charge < -0.3 is 33.3 Å². The van der Waals surface area contributed by atoms with Gasteiger partial charge in [0, 0.05) is 53.5 Å². The van der Waals surface area contributed by atoms with E-state index >= 15 is 0 Å². The molecule has 0 aromatic heterocycles. The second-order valence-corrected chi connectivity index (χ2v) is 23.7. The Kier molecular flexibility index (Phi) is 17.7. The molecule has 3 aliphatic rings. The second kappa shape index (κ2) is 26.2. The predicted octanol–water partition coefficient (Wildman–Crippen LogP) is 19.5. The van der Waals surface area contributed by atoms with E-state index in [0.29, 0.717) is 40.7 Å². The van der Waals surface area contributed by atoms with E-state index in [-0.39, 0.29) is 5.75 Å². The van der Waals surface area contributed by atoms with Gasteiger partial charge in [-0.3, -0.25) is 0 Å². The highest BCUT2D eigenvalue weighted by Gasteiger charge is 2.48. The SMILES string of the molecule is CCCCCCCCC(CC)c1ccc(-c2ccc(C(=O)Oc3ccc(-c4ccc(C(=O)Oc5cc6c7c(c8c(c6cc5OC)OC(c5ccc(OC)cc5)(c5ccc(N6CCCCC6)cc5)C=C8)C(CC)(OC)c5ccccc5-7)cc4)cc3)cc2)cc1. The van der Waals surface area contributed by atoms with Crippen molar-refractivity contribution in [3.05, 3.63) is 233 Å². The number of ether oxygens (including phenoxy) is 6. The molecule has 9 aromatic carbocycles. The van der Waals surface area contributed by atoms with Crippen LogP contribution < -0.4 is 28.6 Å². The van der Waals surface area contributed by atoms with Crippen LogP contribution in [0.25, 0.3) is 50.2 Å². The molecule has 3 atom stereocenters. The Balaban J connectivity index is 0.786. The van der Waals surface area contributed by atoms with Crippen molar-refractivity contribution in [3.8, 4) is 62.1 Å². The van der Waals surface area contributed by atoms with Crippen LogP contribution in [0.2, 0.25) is 0 Å². The highest BCUT2D eigenvalue weighted by atomic mass is 16.6. The number of nitrogens with zero attached hydrogens (tertiary/aromatic N) is 1. The molecule has 3 unspecified atom stereocenters. The molecule has 9 aromatic rings. The van der Waals surface area contributed by atoms with Crippen LogP contribution in [-0.4, -0.2) is 46.4 Å². The fourth-order valence-electron chi connectivity index (χ4n) is 13.7. The van der Waals surface area contributed by atoms with Crippen LogP contribution in [0.15, 0.2) is 188 Å². The molecule has 0 N–H and O–H groups in total. The highest BCUT2D eigenvalue weighted by molar-refractivity contribution is 6.10. The van der Waals surface area contributed by atoms with Crippen molar-refractivity contribution < 1.29 is 38.0 Å². The molecule has 88 heavy (non-hydrogen) atoms. The number of rotatable bonds is 22. The first-order valence-electron chi connectivity index (χ1n) is 31.7. The summed E-state index contributed by atoms with van der Waals surface area (Å²) in [6, 6.07) is 60.4. The Hall–Kier alpha value is -8.92. The van der Waals surface area contributed by atoms with E-state index in [1.165, 1.54) is 75.5 Å². The van der Waals surface area contributed by atoms with Gasteiger partial charge in [-0.15, -0.1) is 0 Å². The maximum atomic E-state index is 14.4. The number of carbonyl (C=O) groups excluding carboxylic acids is 2. The predicted molar refractivity (Wildman–Crippen MR) is 355 cm³/mol. The van der Waals surface area contributed by atoms with Crippen molar-refractivity contribution in [1.82, 2.24) is 0 Å². The molecule has 0 saturated carbocycles. The number of fused-ring (bicyclic) bond motifs is 8. The van der Waals surface area contributed by atoms with Gasteiger partial charge in [0.2, 0.25) is 0 Å². The zero-order valence-electron chi connectivity index (χ0n) is 51.7. The Labute approximate surface area is 518 Å². The van der Waals surface area contributed by atoms with Gasteiger partial charge in [0.25, 0.3) is 0 Å². The first-order chi connectivity index (χ1) is 43.1. The zero-order chi connectivity index (χ0) is 60.8. The number of carbonyl (C=O) groups is 2. The number of benzene rings is 9. The van der Waals surface area contributed by atoms with E-state index in [9.17, 15) is 9.59 Å². The quantitative estimate of drug-likeness (QED) is 0.0374. The normalized spacial score (nSPS) is 16.9. The smallest absolute Gasteiger partial charge is 0.343 e. The zero-order valence-corrected chi connectivity index (χ0v) is 51.7. The summed E-state index contributed by atoms with van der Waals surface area (Å²) in [4.78, 5) is 30.2. The Bertz CT molecular complexity index is 3950. The summed E-state index contributed by atoms with van der Waals surface area (Å²) in [5.41, 5.74) is 12.4. The lowest BCUT2D eigenvalue weighted by molar-refractivity contribution is 0.0219. The molecule has 12 rings (SSSR count). The van der Waals surface area contributed by atoms with E-state index in [0.717, 1.165) is 97.2 Å². The van der Waals surface area contributed by atoms with Gasteiger partial charge in [0.1, 0.15) is 22.8 Å². The number of hydrogen-bond acceptors (Lipinski definition) is 9. The third-order valence-electron chi connectivity index (χ3n) is 18.7. The van der Waals surface area contributed by atoms with Gasteiger partial charge in [0.15, 0.2) is 17.1 Å². The molecule has 9 heteroatoms. The Morgan fingerprint density at radius 1 is 0.568 bits per heavy atom. The summed E-state index contributed by atoms with van der Waals surface area (Å²) in [5, 5.41) is 1.62. The second-order valence-electron chi connectivity index (χ2n) is 23.7. The van der Waals surface area contributed by atoms with Crippen LogP contribution in [0, 0.1) is 0 Å². The minimum Gasteiger partial charge on any atom is -0.497 e. The molecule has 0 radical (unpaired) electrons. The van der Waals surface area contributed by atoms with Crippen LogP contribution in [0.3, 0.4) is 0 Å². The lowest BCUT2D eigenvalue weighted by Gasteiger charge is -2.39. The minimum atomic E-state index is -1.05. The third kappa shape index (κ3) is 11.5. The first-order valence-corrected chi connectivity index (χ1v) is 31.7. The number of esters is 2. The largest absolute Gasteiger partial charge is 0.497 e. The number of piperidine rings is 1. The standard InChI is InChI=1S/C79H79NO8/c1-7-10-11-12-13-15-20-53(8-2)54-23-25-55(26-24-54)56-27-31-59(32-28-56)76(81)86-65-43-35-58(36-44-65)57-29-33-60(34-30-57)77(82)87-72-51-68-69(52-71(72)84-5)75-67(74-73(68)66-21-16-17-22-70(66)78(74,9-3)85-6)47-48-79(88-75,62-39-45-64(83-4)46-40-62)61-37-41-63(42-38-61)80-49-18-14-19-50-80/h16-17,21-48,51-53H,7-15,18-20,49-50H2,1-6H3. The van der Waals surface area contributed by atoms with Crippen molar-refractivity contribution in [2.45, 2.75) is 115 Å². The Morgan fingerprint density at radius 2 is 1.14 bits per heavy atom. The fourth-order valence-corrected chi connectivity index (χ4v) is 13.7. The average Bonchev–Trinajstić information content (AvgIpc) is 1.46. The summed E-state index contributed by atoms with van der Waals surface area (Å²) in [6.07, 6.45) is 18.9. The van der Waals surface area contributed by atoms with E-state index in [2.05, 4.69) is 123 Å². The molecule has 1 fully saturated rings. The van der Waals surface area contributed by atoms with Gasteiger partial charge in [-0.05, 0) is 173 Å². The number of methoxy groups -OCH3 is 3. The maximum absolute atomic E-state index is 14.4. The van der Waals surface area contributed by atoms with Crippen molar-refractivity contribution >= 4 is 34.5 Å². The molecule has 1 aliphatic carbocycles. The van der Waals surface area contributed by atoms with Crippen molar-refractivity contribution in [2.24, 2.45) is 0 Å². The molecular weight excluding hydrogens is 1090 g/mol. The summed E-state index contributed by atoms with van der Waals surface area (Å²) in [6.45, 7) is 8.80. The molecule has 0 bridgehead atoms. The molecule has 9 nitrogen and oxygen atoms in total. The number of unbranched alkanes of at least 4 members (excludes halogenated alkanes) is 5. The first kappa shape index (κ1) is 59.4. The van der Waals surface area contributed by atoms with Crippen LogP contribution in [0.4, 0.5) is 5.69 Å². The lowest BCUT2D eigenvalue weighted by atomic mass is 9.79. The molecule has 1 saturated heterocycles. The van der Waals surface area contributed by atoms with Gasteiger partial charge >= 0.3 is 11.9 Å². The summed E-state index contributed by atoms with van der Waals surface area (Å²) < 4.78 is 38.4. The fraction of sp³-hybridized carbons (Fsp3) is 0.291. The van der Waals surface area contributed by atoms with Gasteiger partial charge in [0.05, 0.1) is 25.3 Å². The van der Waals surface area contributed by atoms with Crippen LogP contribution in [0.5, 0.6) is 28.7 Å². The Morgan fingerprint density at radius 3 is 1.74 bits per heavy atom. The van der Waals surface area contributed by atoms with Crippen molar-refractivity contribution in [1.29, 1.82) is 0 Å². The summed E-state index contributed by atoms with van der Waals surface area (Å²) in [5.74, 6) is 2.08. The topological polar surface area (TPSA) is 92.8 Å². The van der Waals surface area contributed by atoms with Crippen molar-refractivity contribution in [3.63, 3.8) is 0 Å². The molecule has 2 heterocycles. The third-order valence-corrected chi connectivity index (χ3v) is 18.7. The van der Waals surface area contributed by atoms with E-state index in [1.807, 2.05) is 72.8 Å². The highest BCUT2D eigenvalue weighted by Crippen LogP contribution is 2.60. The molecular formula is C79H79NO8. The molecule has 0 amide bonds. The maximum Gasteiger partial charge on any atom is 0.343 e. The average molecular weight is 1170 g/mol. The molecule has 2 aliphatic heterocycles. The van der Waals surface area contributed by atoms with E-state index in [4.69, 9.17) is 28.4 Å². The van der Waals surface area contributed by atoms with E-state index < -0.39 is 23.1 Å². The van der Waals surface area contributed by atoms with Crippen molar-refractivity contribution in [2.75, 3.05) is 39.3 Å². The van der Waals surface area contributed by atoms with Gasteiger partial charge in [-0.25, -0.2) is 9.59 Å². The number of hydrogen-bond donors (Lipinski definition) is 0. The lowest BCUT2D eigenvalue weighted by Crippen LogP contribution is -2.36. The van der Waals surface area contributed by atoms with Gasteiger partial charge in [-0.2, -0.15) is 0 Å². The van der Waals surface area contributed by atoms with Crippen LogP contribution in [0.1, 0.15) is 158 Å². The van der Waals surface area contributed by atoms with Crippen LogP contribution >= 0.6 is 0 Å². The summed E-state index contributed by atoms with van der Waals surface area (Å²) >= 11 is 0. The monoisotopic (exact) mass is 1170 g/mol. The molecule has 448 valence electrons.